The van der Waals surface area contributed by atoms with Crippen molar-refractivity contribution in [3.63, 3.8) is 0 Å². The van der Waals surface area contributed by atoms with Gasteiger partial charge in [-0.2, -0.15) is 9.29 Å². The number of likely N-dealkylation sites (N-methyl/N-ethyl adjacent to an activating group) is 1. The van der Waals surface area contributed by atoms with Crippen LogP contribution in [0.2, 0.25) is 5.02 Å². The number of carbonyl (C=O) groups is 1. The third-order valence-corrected chi connectivity index (χ3v) is 7.04. The summed E-state index contributed by atoms with van der Waals surface area (Å²) in [5.74, 6) is -0.0195. The fraction of sp³-hybridized carbons (Fsp3) is 0.211. The second kappa shape index (κ2) is 9.61. The maximum atomic E-state index is 12.6. The van der Waals surface area contributed by atoms with Crippen molar-refractivity contribution in [2.24, 2.45) is 0 Å². The monoisotopic (exact) mass is 466 g/mol. The number of carbonyl (C=O) groups excluding carboxylic acids is 1. The molecule has 1 heterocycles. The lowest BCUT2D eigenvalue weighted by Gasteiger charge is -2.16. The molecule has 0 aliphatic carbocycles. The summed E-state index contributed by atoms with van der Waals surface area (Å²) in [6.07, 6.45) is 1.90. The maximum absolute atomic E-state index is 12.6. The van der Waals surface area contributed by atoms with Gasteiger partial charge in [0.05, 0.1) is 23.0 Å². The molecule has 0 bridgehead atoms. The molecule has 2 aromatic carbocycles. The average Bonchev–Trinajstić information content (AvgIpc) is 3.21. The number of halogens is 1. The van der Waals surface area contributed by atoms with Gasteiger partial charge in [-0.15, -0.1) is 11.8 Å². The Morgan fingerprint density at radius 1 is 1.20 bits per heavy atom. The van der Waals surface area contributed by atoms with E-state index in [2.05, 4.69) is 15.5 Å². The molecule has 0 spiro atoms. The summed E-state index contributed by atoms with van der Waals surface area (Å²) in [7, 11) is -2.43. The number of rotatable bonds is 8. The minimum absolute atomic E-state index is 0.0351. The van der Waals surface area contributed by atoms with Crippen molar-refractivity contribution in [3.05, 3.63) is 59.4 Å². The third kappa shape index (κ3) is 5.20. The van der Waals surface area contributed by atoms with E-state index >= 15 is 0 Å². The molecule has 0 saturated heterocycles. The second-order valence-corrected chi connectivity index (χ2v) is 9.54. The number of benzene rings is 2. The van der Waals surface area contributed by atoms with Crippen LogP contribution in [-0.2, 0) is 21.4 Å². The molecular formula is C19H19ClN4O4S2. The molecule has 0 aliphatic heterocycles. The number of sulfonamides is 1. The lowest BCUT2D eigenvalue weighted by Crippen LogP contribution is -2.38. The Balaban J connectivity index is 1.58. The van der Waals surface area contributed by atoms with E-state index in [0.29, 0.717) is 16.4 Å². The zero-order valence-corrected chi connectivity index (χ0v) is 18.6. The maximum Gasteiger partial charge on any atom is 0.246 e. The SMILES string of the molecule is CSc1ccc(S(=O)(=O)N(C)CC(=O)NCc2nc(-c3ccccc3Cl)no2)cc1. The van der Waals surface area contributed by atoms with E-state index in [4.69, 9.17) is 16.1 Å². The van der Waals surface area contributed by atoms with Gasteiger partial charge < -0.3 is 9.84 Å². The van der Waals surface area contributed by atoms with Crippen molar-refractivity contribution in [1.82, 2.24) is 19.8 Å². The highest BCUT2D eigenvalue weighted by atomic mass is 35.5. The van der Waals surface area contributed by atoms with Crippen molar-refractivity contribution in [2.75, 3.05) is 19.8 Å². The highest BCUT2D eigenvalue weighted by Crippen LogP contribution is 2.24. The molecule has 0 atom stereocenters. The number of hydrogen-bond donors (Lipinski definition) is 1. The zero-order chi connectivity index (χ0) is 21.7. The first kappa shape index (κ1) is 22.3. The van der Waals surface area contributed by atoms with E-state index in [9.17, 15) is 13.2 Å². The molecule has 3 aromatic rings. The molecule has 8 nitrogen and oxygen atoms in total. The average molecular weight is 467 g/mol. The van der Waals surface area contributed by atoms with Crippen molar-refractivity contribution >= 4 is 39.3 Å². The lowest BCUT2D eigenvalue weighted by atomic mass is 10.2. The van der Waals surface area contributed by atoms with Crippen LogP contribution in [0.4, 0.5) is 0 Å². The van der Waals surface area contributed by atoms with Crippen LogP contribution in [-0.4, -0.2) is 48.6 Å². The first-order valence-corrected chi connectivity index (χ1v) is 11.8. The largest absolute Gasteiger partial charge is 0.346 e. The number of amides is 1. The molecule has 1 aromatic heterocycles. The van der Waals surface area contributed by atoms with Gasteiger partial charge in [-0.1, -0.05) is 28.9 Å². The van der Waals surface area contributed by atoms with Gasteiger partial charge in [0.25, 0.3) is 0 Å². The van der Waals surface area contributed by atoms with Crippen molar-refractivity contribution in [1.29, 1.82) is 0 Å². The fourth-order valence-corrected chi connectivity index (χ4v) is 4.28. The molecule has 11 heteroatoms. The molecule has 0 saturated carbocycles. The molecule has 0 radical (unpaired) electrons. The van der Waals surface area contributed by atoms with Crippen LogP contribution in [0.5, 0.6) is 0 Å². The van der Waals surface area contributed by atoms with Gasteiger partial charge >= 0.3 is 0 Å². The first-order valence-electron chi connectivity index (χ1n) is 8.76. The predicted octanol–water partition coefficient (Wildman–Crippen LogP) is 3.05. The molecular weight excluding hydrogens is 448 g/mol. The highest BCUT2D eigenvalue weighted by Gasteiger charge is 2.23. The van der Waals surface area contributed by atoms with Crippen molar-refractivity contribution in [3.8, 4) is 11.4 Å². The van der Waals surface area contributed by atoms with E-state index in [-0.39, 0.29) is 23.9 Å². The number of nitrogens with zero attached hydrogens (tertiary/aromatic N) is 3. The Kier molecular flexibility index (Phi) is 7.14. The predicted molar refractivity (Wildman–Crippen MR) is 115 cm³/mol. The molecule has 0 unspecified atom stereocenters. The van der Waals surface area contributed by atoms with Crippen molar-refractivity contribution in [2.45, 2.75) is 16.3 Å². The molecule has 30 heavy (non-hydrogen) atoms. The number of thioether (sulfide) groups is 1. The standard InChI is InChI=1S/C19H19ClN4O4S2/c1-24(30(26,27)14-9-7-13(29-2)8-10-14)12-17(25)21-11-18-22-19(23-28-18)15-5-3-4-6-16(15)20/h3-10H,11-12H2,1-2H3,(H,21,25). The molecule has 3 rings (SSSR count). The second-order valence-electron chi connectivity index (χ2n) is 6.20. The lowest BCUT2D eigenvalue weighted by molar-refractivity contribution is -0.121. The molecule has 1 N–H and O–H groups in total. The van der Waals surface area contributed by atoms with Gasteiger partial charge in [-0.25, -0.2) is 8.42 Å². The van der Waals surface area contributed by atoms with Crippen LogP contribution in [0.3, 0.4) is 0 Å². The Hall–Kier alpha value is -2.40. The summed E-state index contributed by atoms with van der Waals surface area (Å²) in [6.45, 7) is -0.384. The summed E-state index contributed by atoms with van der Waals surface area (Å²) in [4.78, 5) is 17.5. The zero-order valence-electron chi connectivity index (χ0n) is 16.2. The van der Waals surface area contributed by atoms with E-state index in [0.717, 1.165) is 9.20 Å². The van der Waals surface area contributed by atoms with Crippen molar-refractivity contribution < 1.29 is 17.7 Å². The van der Waals surface area contributed by atoms with Gasteiger partial charge in [0.2, 0.25) is 27.6 Å². The van der Waals surface area contributed by atoms with Crippen LogP contribution in [0.1, 0.15) is 5.89 Å². The Morgan fingerprint density at radius 2 is 1.90 bits per heavy atom. The number of hydrogen-bond acceptors (Lipinski definition) is 7. The van der Waals surface area contributed by atoms with Crippen LogP contribution in [0.15, 0.2) is 62.8 Å². The van der Waals surface area contributed by atoms with Gasteiger partial charge in [0.1, 0.15) is 0 Å². The fourth-order valence-electron chi connectivity index (χ4n) is 2.52. The van der Waals surface area contributed by atoms with E-state index in [1.54, 1.807) is 36.4 Å². The number of nitrogens with one attached hydrogen (secondary N) is 1. The molecule has 0 fully saturated rings. The van der Waals surface area contributed by atoms with Crippen LogP contribution >= 0.6 is 23.4 Å². The van der Waals surface area contributed by atoms with Gasteiger partial charge in [-0.05, 0) is 42.7 Å². The number of aromatic nitrogens is 2. The summed E-state index contributed by atoms with van der Waals surface area (Å²) in [5, 5.41) is 6.90. The van der Waals surface area contributed by atoms with Crippen LogP contribution in [0.25, 0.3) is 11.4 Å². The first-order chi connectivity index (χ1) is 14.3. The highest BCUT2D eigenvalue weighted by molar-refractivity contribution is 7.98. The van der Waals surface area contributed by atoms with E-state index in [1.165, 1.54) is 30.9 Å². The normalized spacial score (nSPS) is 11.6. The molecule has 158 valence electrons. The van der Waals surface area contributed by atoms with Gasteiger partial charge in [0.15, 0.2) is 0 Å². The minimum atomic E-state index is -3.78. The van der Waals surface area contributed by atoms with Gasteiger partial charge in [-0.3, -0.25) is 4.79 Å². The summed E-state index contributed by atoms with van der Waals surface area (Å²) >= 11 is 7.62. The molecule has 0 aliphatic rings. The van der Waals surface area contributed by atoms with E-state index < -0.39 is 15.9 Å². The Bertz CT molecular complexity index is 1130. The summed E-state index contributed by atoms with van der Waals surface area (Å²) in [5.41, 5.74) is 0.610. The summed E-state index contributed by atoms with van der Waals surface area (Å²) in [6, 6.07) is 13.5. The molecule has 1 amide bonds. The minimum Gasteiger partial charge on any atom is -0.346 e. The van der Waals surface area contributed by atoms with Crippen LogP contribution in [0, 0.1) is 0 Å². The third-order valence-electron chi connectivity index (χ3n) is 4.15. The Morgan fingerprint density at radius 3 is 2.57 bits per heavy atom. The Labute approximate surface area is 183 Å². The topological polar surface area (TPSA) is 105 Å². The quantitative estimate of drug-likeness (QED) is 0.508. The smallest absolute Gasteiger partial charge is 0.246 e. The van der Waals surface area contributed by atoms with Crippen LogP contribution < -0.4 is 5.32 Å². The summed E-state index contributed by atoms with van der Waals surface area (Å²) < 4.78 is 31.3. The van der Waals surface area contributed by atoms with E-state index in [1.807, 2.05) is 6.26 Å². The van der Waals surface area contributed by atoms with Gasteiger partial charge in [0, 0.05) is 17.5 Å².